The zero-order valence-corrected chi connectivity index (χ0v) is 23.7. The highest BCUT2D eigenvalue weighted by atomic mass is 28.4. The maximum atomic E-state index is 13.0. The fourth-order valence-electron chi connectivity index (χ4n) is 5.63. The first-order valence-corrected chi connectivity index (χ1v) is 15.1. The lowest BCUT2D eigenvalue weighted by molar-refractivity contribution is 0.0681. The smallest absolute Gasteiger partial charge is 0.362 e. The number of aromatic nitrogens is 2. The van der Waals surface area contributed by atoms with Crippen LogP contribution >= 0.6 is 0 Å². The molecule has 0 spiro atoms. The first-order chi connectivity index (χ1) is 17.1. The van der Waals surface area contributed by atoms with Crippen LogP contribution in [0.3, 0.4) is 0 Å². The van der Waals surface area contributed by atoms with Gasteiger partial charge in [0.15, 0.2) is 11.4 Å². The van der Waals surface area contributed by atoms with Crippen molar-refractivity contribution in [2.45, 2.75) is 96.0 Å². The van der Waals surface area contributed by atoms with Crippen molar-refractivity contribution in [1.82, 2.24) is 9.97 Å². The Labute approximate surface area is 216 Å². The zero-order chi connectivity index (χ0) is 26.5. The molecule has 9 heteroatoms. The van der Waals surface area contributed by atoms with Crippen molar-refractivity contribution < 1.29 is 18.7 Å². The molecule has 8 nitrogen and oxygen atoms in total. The topological polar surface area (TPSA) is 109 Å². The number of hydrogen-bond acceptors (Lipinski definition) is 8. The van der Waals surface area contributed by atoms with Crippen LogP contribution in [0.4, 0.5) is 11.4 Å². The van der Waals surface area contributed by atoms with E-state index < -0.39 is 14.3 Å². The minimum Gasteiger partial charge on any atom is -0.540 e. The SMILES string of the molecule is COC1CCC(Nc2cc(OC(=O)c3ccncn3)c(O[Si](C(C)C)(C(C)C)C(C)C)cc2N)CC1. The molecule has 1 aromatic carbocycles. The van der Waals surface area contributed by atoms with E-state index in [2.05, 4.69) is 56.8 Å². The molecule has 2 aromatic rings. The fraction of sp³-hybridized carbons (Fsp3) is 0.593. The molecule has 0 atom stereocenters. The summed E-state index contributed by atoms with van der Waals surface area (Å²) in [6.45, 7) is 13.3. The first kappa shape index (κ1) is 27.9. The summed E-state index contributed by atoms with van der Waals surface area (Å²) in [6, 6.07) is 5.40. The number of benzene rings is 1. The number of nitrogens with one attached hydrogen (secondary N) is 1. The van der Waals surface area contributed by atoms with Crippen LogP contribution in [-0.4, -0.2) is 43.5 Å². The number of rotatable bonds is 10. The highest BCUT2D eigenvalue weighted by Crippen LogP contribution is 2.46. The van der Waals surface area contributed by atoms with Crippen molar-refractivity contribution >= 4 is 25.7 Å². The Morgan fingerprint density at radius 1 is 1.03 bits per heavy atom. The van der Waals surface area contributed by atoms with E-state index >= 15 is 0 Å². The Bertz CT molecular complexity index is 987. The van der Waals surface area contributed by atoms with E-state index in [0.717, 1.165) is 31.4 Å². The van der Waals surface area contributed by atoms with E-state index in [-0.39, 0.29) is 11.7 Å². The van der Waals surface area contributed by atoms with Gasteiger partial charge >= 0.3 is 5.97 Å². The van der Waals surface area contributed by atoms with Crippen LogP contribution in [-0.2, 0) is 4.74 Å². The lowest BCUT2D eigenvalue weighted by atomic mass is 9.92. The van der Waals surface area contributed by atoms with Gasteiger partial charge in [0.1, 0.15) is 12.1 Å². The van der Waals surface area contributed by atoms with Crippen molar-refractivity contribution in [2.75, 3.05) is 18.2 Å². The van der Waals surface area contributed by atoms with Gasteiger partial charge in [0.05, 0.1) is 17.5 Å². The number of carbonyl (C=O) groups is 1. The standard InChI is InChI=1S/C27H42N4O4Si/c1-17(2)36(18(3)4,19(5)6)35-26-14-22(28)24(31-20-8-10-21(33-7)11-9-20)15-25(26)34-27(32)23-12-13-29-16-30-23/h12-21,31H,8-11,28H2,1-7H3. The van der Waals surface area contributed by atoms with Crippen LogP contribution in [0.2, 0.25) is 16.6 Å². The largest absolute Gasteiger partial charge is 0.540 e. The van der Waals surface area contributed by atoms with Gasteiger partial charge in [-0.3, -0.25) is 0 Å². The maximum Gasteiger partial charge on any atom is 0.362 e. The van der Waals surface area contributed by atoms with E-state index in [1.807, 2.05) is 0 Å². The second-order valence-electron chi connectivity index (χ2n) is 10.6. The Kier molecular flexibility index (Phi) is 9.35. The van der Waals surface area contributed by atoms with E-state index in [1.165, 1.54) is 18.6 Å². The average molecular weight is 515 g/mol. The Hall–Kier alpha value is -2.65. The molecule has 1 fully saturated rings. The van der Waals surface area contributed by atoms with Crippen LogP contribution in [0.1, 0.15) is 77.7 Å². The number of ether oxygens (including phenoxy) is 2. The van der Waals surface area contributed by atoms with Crippen LogP contribution < -0.4 is 20.2 Å². The third-order valence-electron chi connectivity index (χ3n) is 7.47. The minimum absolute atomic E-state index is 0.181. The minimum atomic E-state index is -2.33. The predicted octanol–water partition coefficient (Wildman–Crippen LogP) is 6.20. The monoisotopic (exact) mass is 514 g/mol. The van der Waals surface area contributed by atoms with Gasteiger partial charge in [0.25, 0.3) is 8.32 Å². The van der Waals surface area contributed by atoms with Gasteiger partial charge in [-0.2, -0.15) is 0 Å². The summed E-state index contributed by atoms with van der Waals surface area (Å²) in [7, 11) is -0.565. The Morgan fingerprint density at radius 2 is 1.67 bits per heavy atom. The van der Waals surface area contributed by atoms with Crippen molar-refractivity contribution in [3.8, 4) is 11.5 Å². The molecule has 0 bridgehead atoms. The third kappa shape index (κ3) is 6.18. The average Bonchev–Trinajstić information content (AvgIpc) is 2.85. The van der Waals surface area contributed by atoms with Crippen molar-refractivity contribution in [2.24, 2.45) is 0 Å². The number of nitrogens with two attached hydrogens (primary N) is 1. The second-order valence-corrected chi connectivity index (χ2v) is 16.0. The number of nitrogen functional groups attached to an aromatic ring is 1. The fourth-order valence-corrected chi connectivity index (χ4v) is 10.9. The molecular formula is C27H42N4O4Si. The van der Waals surface area contributed by atoms with Gasteiger partial charge in [-0.25, -0.2) is 14.8 Å². The van der Waals surface area contributed by atoms with Gasteiger partial charge in [-0.05, 0) is 48.4 Å². The summed E-state index contributed by atoms with van der Waals surface area (Å²) in [6.07, 6.45) is 7.11. The molecule has 1 heterocycles. The summed E-state index contributed by atoms with van der Waals surface area (Å²) in [5.74, 6) is 0.288. The van der Waals surface area contributed by atoms with Crippen LogP contribution in [0.25, 0.3) is 0 Å². The number of anilines is 2. The highest BCUT2D eigenvalue weighted by Gasteiger charge is 2.47. The molecule has 1 saturated carbocycles. The number of carbonyl (C=O) groups excluding carboxylic acids is 1. The lowest BCUT2D eigenvalue weighted by Gasteiger charge is -2.42. The zero-order valence-electron chi connectivity index (χ0n) is 22.7. The number of hydrogen-bond donors (Lipinski definition) is 2. The highest BCUT2D eigenvalue weighted by molar-refractivity contribution is 6.78. The van der Waals surface area contributed by atoms with E-state index in [4.69, 9.17) is 19.6 Å². The Balaban J connectivity index is 1.98. The lowest BCUT2D eigenvalue weighted by Crippen LogP contribution is -2.50. The van der Waals surface area contributed by atoms with Crippen LogP contribution in [0.5, 0.6) is 11.5 Å². The van der Waals surface area contributed by atoms with Gasteiger partial charge in [-0.15, -0.1) is 0 Å². The molecule has 0 aliphatic heterocycles. The number of nitrogens with zero attached hydrogens (tertiary/aromatic N) is 2. The molecule has 1 aliphatic rings. The van der Waals surface area contributed by atoms with Crippen molar-refractivity contribution in [3.63, 3.8) is 0 Å². The molecule has 1 aliphatic carbocycles. The van der Waals surface area contributed by atoms with Crippen LogP contribution in [0, 0.1) is 0 Å². The summed E-state index contributed by atoms with van der Waals surface area (Å²) in [4.78, 5) is 20.9. The van der Waals surface area contributed by atoms with Gasteiger partial charge in [0.2, 0.25) is 0 Å². The van der Waals surface area contributed by atoms with E-state index in [9.17, 15) is 4.79 Å². The maximum absolute atomic E-state index is 13.0. The van der Waals surface area contributed by atoms with Crippen LogP contribution in [0.15, 0.2) is 30.7 Å². The summed E-state index contributed by atoms with van der Waals surface area (Å²) < 4.78 is 18.3. The molecule has 3 rings (SSSR count). The normalized spacial score (nSPS) is 18.5. The van der Waals surface area contributed by atoms with Crippen molar-refractivity contribution in [1.29, 1.82) is 0 Å². The van der Waals surface area contributed by atoms with Gasteiger partial charge < -0.3 is 25.0 Å². The Morgan fingerprint density at radius 3 is 2.19 bits per heavy atom. The first-order valence-electron chi connectivity index (χ1n) is 13.0. The molecule has 36 heavy (non-hydrogen) atoms. The molecule has 0 saturated heterocycles. The molecule has 0 amide bonds. The predicted molar refractivity (Wildman–Crippen MR) is 146 cm³/mol. The second kappa shape index (κ2) is 12.1. The molecule has 3 N–H and O–H groups in total. The third-order valence-corrected chi connectivity index (χ3v) is 13.5. The molecular weight excluding hydrogens is 472 g/mol. The summed E-state index contributed by atoms with van der Waals surface area (Å²) >= 11 is 0. The summed E-state index contributed by atoms with van der Waals surface area (Å²) in [5, 5.41) is 3.56. The van der Waals surface area contributed by atoms with E-state index in [0.29, 0.717) is 39.9 Å². The quantitative estimate of drug-likeness (QED) is 0.167. The molecule has 0 radical (unpaired) electrons. The molecule has 1 aromatic heterocycles. The van der Waals surface area contributed by atoms with Gasteiger partial charge in [0, 0.05) is 31.5 Å². The summed E-state index contributed by atoms with van der Waals surface area (Å²) in [5.41, 5.74) is 9.06. The number of esters is 1. The molecule has 0 unspecified atom stereocenters. The number of methoxy groups -OCH3 is 1. The van der Waals surface area contributed by atoms with Gasteiger partial charge in [-0.1, -0.05) is 41.5 Å². The molecule has 198 valence electrons. The van der Waals surface area contributed by atoms with E-state index in [1.54, 1.807) is 19.2 Å². The van der Waals surface area contributed by atoms with Crippen molar-refractivity contribution in [3.05, 3.63) is 36.4 Å².